The molecule has 0 aliphatic heterocycles. The van der Waals surface area contributed by atoms with Gasteiger partial charge in [0.1, 0.15) is 0 Å². The fraction of sp³-hybridized carbons (Fsp3) is 0.423. The van der Waals surface area contributed by atoms with Crippen LogP contribution in [0.1, 0.15) is 73.6 Å². The molecule has 1 atom stereocenters. The molecular weight excluding hydrogens is 455 g/mol. The Bertz CT molecular complexity index is 660. The van der Waals surface area contributed by atoms with Crippen molar-refractivity contribution in [3.05, 3.63) is 80.9 Å². The topological polar surface area (TPSA) is 17.1 Å². The average Bonchev–Trinajstić information content (AvgIpc) is 2.73. The van der Waals surface area contributed by atoms with Gasteiger partial charge in [-0.2, -0.15) is 0 Å². The van der Waals surface area contributed by atoms with Gasteiger partial charge in [-0.05, 0) is 0 Å². The van der Waals surface area contributed by atoms with E-state index in [9.17, 15) is 4.79 Å². The Balaban J connectivity index is 0.00000171. The number of benzene rings is 2. The molecule has 2 heteroatoms. The zero-order chi connectivity index (χ0) is 21.5. The van der Waals surface area contributed by atoms with Crippen LogP contribution in [0.5, 0.6) is 0 Å². The molecule has 0 heterocycles. The van der Waals surface area contributed by atoms with Gasteiger partial charge in [0.05, 0.1) is 0 Å². The zero-order valence-electron chi connectivity index (χ0n) is 18.8. The molecule has 0 fully saturated rings. The van der Waals surface area contributed by atoms with E-state index in [1.54, 1.807) is 0 Å². The summed E-state index contributed by atoms with van der Waals surface area (Å²) in [5, 5.41) is 0. The molecule has 0 aromatic heterocycles. The molecule has 0 saturated carbocycles. The van der Waals surface area contributed by atoms with E-state index < -0.39 is 0 Å². The van der Waals surface area contributed by atoms with Crippen LogP contribution in [0, 0.1) is 19.8 Å². The predicted molar refractivity (Wildman–Crippen MR) is 120 cm³/mol. The van der Waals surface area contributed by atoms with Crippen LogP contribution in [0.4, 0.5) is 0 Å². The second-order valence-corrected chi connectivity index (χ2v) is 9.65. The monoisotopic (exact) mass is 493 g/mol. The van der Waals surface area contributed by atoms with Gasteiger partial charge in [-0.15, -0.1) is 0 Å². The number of aryl methyl sites for hydroxylation is 2. The van der Waals surface area contributed by atoms with Crippen LogP contribution in [0.25, 0.3) is 0 Å². The summed E-state index contributed by atoms with van der Waals surface area (Å²) in [6.45, 7) is 18.9. The van der Waals surface area contributed by atoms with Crippen LogP contribution in [0.3, 0.4) is 0 Å². The van der Waals surface area contributed by atoms with E-state index in [4.69, 9.17) is 0 Å². The predicted octanol–water partition coefficient (Wildman–Crippen LogP) is 4.66. The SMILES string of the molecule is C=C([I-]C(c1cccc(C)c1)c1cccc(C)c1)C(C)CCC=O.CC.CC. The van der Waals surface area contributed by atoms with Gasteiger partial charge in [0.2, 0.25) is 0 Å². The van der Waals surface area contributed by atoms with E-state index in [1.807, 2.05) is 27.7 Å². The molecule has 0 amide bonds. The summed E-state index contributed by atoms with van der Waals surface area (Å²) in [6.07, 6.45) is 2.56. The maximum Gasteiger partial charge on any atom is -0.0683 e. The molecule has 2 aromatic carbocycles. The number of alkyl halides is 1. The molecule has 0 bridgehead atoms. The minimum absolute atomic E-state index is 0.255. The first kappa shape index (κ1) is 26.6. The number of aldehydes is 1. The van der Waals surface area contributed by atoms with Crippen LogP contribution in [0.15, 0.2) is 58.7 Å². The molecule has 0 N–H and O–H groups in total. The molecule has 0 aliphatic carbocycles. The first-order chi connectivity index (χ1) is 13.5. The fourth-order valence-corrected chi connectivity index (χ4v) is 5.92. The number of allylic oxidation sites excluding steroid dienone is 1. The molecule has 2 rings (SSSR count). The smallest absolute Gasteiger partial charge is 0.0683 e. The average molecular weight is 493 g/mol. The molecular formula is C26H38IO-. The van der Waals surface area contributed by atoms with Gasteiger partial charge >= 0.3 is 157 Å². The van der Waals surface area contributed by atoms with E-state index >= 15 is 0 Å². The van der Waals surface area contributed by atoms with Crippen LogP contribution in [-0.4, -0.2) is 6.29 Å². The van der Waals surface area contributed by atoms with Crippen molar-refractivity contribution >= 4 is 6.29 Å². The van der Waals surface area contributed by atoms with Crippen LogP contribution in [0.2, 0.25) is 0 Å². The fourth-order valence-electron chi connectivity index (χ4n) is 2.70. The van der Waals surface area contributed by atoms with Crippen molar-refractivity contribution in [2.24, 2.45) is 5.92 Å². The van der Waals surface area contributed by atoms with Gasteiger partial charge in [0.15, 0.2) is 0 Å². The van der Waals surface area contributed by atoms with Crippen molar-refractivity contribution < 1.29 is 26.0 Å². The summed E-state index contributed by atoms with van der Waals surface area (Å²) in [5.41, 5.74) is 5.37. The van der Waals surface area contributed by atoms with Crippen LogP contribution < -0.4 is 21.2 Å². The number of carbonyl (C=O) groups is 1. The Hall–Kier alpha value is -1.42. The number of hydrogen-bond acceptors (Lipinski definition) is 1. The van der Waals surface area contributed by atoms with Crippen molar-refractivity contribution in [2.75, 3.05) is 0 Å². The largest absolute Gasteiger partial charge is 0.0683 e. The third-order valence-corrected chi connectivity index (χ3v) is 8.10. The van der Waals surface area contributed by atoms with E-state index in [-0.39, 0.29) is 21.2 Å². The number of rotatable bonds is 8. The molecule has 28 heavy (non-hydrogen) atoms. The summed E-state index contributed by atoms with van der Waals surface area (Å²) in [6, 6.07) is 17.7. The summed E-state index contributed by atoms with van der Waals surface area (Å²) in [4.78, 5) is 10.7. The quantitative estimate of drug-likeness (QED) is 0.297. The van der Waals surface area contributed by atoms with Gasteiger partial charge in [-0.1, -0.05) is 27.7 Å². The summed E-state index contributed by atoms with van der Waals surface area (Å²) in [7, 11) is 0. The summed E-state index contributed by atoms with van der Waals surface area (Å²) >= 11 is -0.255. The normalized spacial score (nSPS) is 11.0. The first-order valence-electron chi connectivity index (χ1n) is 10.4. The second kappa shape index (κ2) is 15.5. The maximum absolute atomic E-state index is 10.7. The molecule has 1 unspecified atom stereocenters. The van der Waals surface area contributed by atoms with Gasteiger partial charge in [0, 0.05) is 0 Å². The van der Waals surface area contributed by atoms with Gasteiger partial charge in [-0.3, -0.25) is 0 Å². The third kappa shape index (κ3) is 9.18. The minimum Gasteiger partial charge on any atom is -0.0683 e. The van der Waals surface area contributed by atoms with Crippen molar-refractivity contribution in [1.82, 2.24) is 0 Å². The third-order valence-electron chi connectivity index (χ3n) is 4.17. The number of hydrogen-bond donors (Lipinski definition) is 0. The molecule has 0 aliphatic rings. The van der Waals surface area contributed by atoms with E-state index in [1.165, 1.54) is 25.8 Å². The van der Waals surface area contributed by atoms with Gasteiger partial charge in [-0.25, -0.2) is 0 Å². The van der Waals surface area contributed by atoms with Crippen LogP contribution in [-0.2, 0) is 4.79 Å². The Labute approximate surface area is 183 Å². The Morgan fingerprint density at radius 2 is 1.43 bits per heavy atom. The van der Waals surface area contributed by atoms with E-state index in [0.717, 1.165) is 12.7 Å². The zero-order valence-corrected chi connectivity index (χ0v) is 20.9. The number of halogens is 1. The summed E-state index contributed by atoms with van der Waals surface area (Å²) in [5.74, 6) is 0.417. The molecule has 0 saturated heterocycles. The number of carbonyl (C=O) groups excluding carboxylic acids is 1. The Morgan fingerprint density at radius 1 is 0.964 bits per heavy atom. The van der Waals surface area contributed by atoms with Crippen molar-refractivity contribution in [1.29, 1.82) is 0 Å². The Kier molecular flexibility index (Phi) is 14.7. The minimum atomic E-state index is -0.255. The second-order valence-electron chi connectivity index (χ2n) is 6.39. The van der Waals surface area contributed by atoms with E-state index in [0.29, 0.717) is 16.3 Å². The van der Waals surface area contributed by atoms with Crippen LogP contribution >= 0.6 is 0 Å². The molecule has 156 valence electrons. The Morgan fingerprint density at radius 3 is 1.82 bits per heavy atom. The van der Waals surface area contributed by atoms with Crippen molar-refractivity contribution in [2.45, 2.75) is 65.2 Å². The standard InChI is InChI=1S/C22H26IO.2C2H6/c1-16-8-5-11-20(14-16)22(21-12-6-9-17(2)15-21)23-19(4)18(3)10-7-13-24;2*1-2/h5-6,8-9,11-15,18,22H,4,7,10H2,1-3H3;2*1-2H3/q-1;;. The maximum atomic E-state index is 10.7. The first-order valence-corrected chi connectivity index (χ1v) is 12.7. The molecule has 0 radical (unpaired) electrons. The molecule has 0 spiro atoms. The van der Waals surface area contributed by atoms with Crippen molar-refractivity contribution in [3.8, 4) is 0 Å². The molecule has 2 aromatic rings. The summed E-state index contributed by atoms with van der Waals surface area (Å²) < 4.78 is 1.76. The van der Waals surface area contributed by atoms with Crippen molar-refractivity contribution in [3.63, 3.8) is 0 Å². The van der Waals surface area contributed by atoms with E-state index in [2.05, 4.69) is 75.9 Å². The van der Waals surface area contributed by atoms with Gasteiger partial charge < -0.3 is 0 Å². The molecule has 1 nitrogen and oxygen atoms in total. The van der Waals surface area contributed by atoms with Gasteiger partial charge in [0.25, 0.3) is 0 Å².